The molecular formula is C28H30F3N3O2. The van der Waals surface area contributed by atoms with E-state index in [1.54, 1.807) is 12.1 Å². The average Bonchev–Trinajstić information content (AvgIpc) is 3.61. The number of carbonyl (C=O) groups excluding carboxylic acids is 1. The zero-order chi connectivity index (χ0) is 25.6. The van der Waals surface area contributed by atoms with Gasteiger partial charge in [-0.05, 0) is 49.9 Å². The molecule has 3 aliphatic rings. The number of fused-ring (bicyclic) bond motifs is 1. The van der Waals surface area contributed by atoms with Gasteiger partial charge >= 0.3 is 6.18 Å². The Labute approximate surface area is 209 Å². The minimum absolute atomic E-state index is 0.0818. The molecule has 1 amide bonds. The zero-order valence-electron chi connectivity index (χ0n) is 20.4. The predicted octanol–water partition coefficient (Wildman–Crippen LogP) is 5.00. The van der Waals surface area contributed by atoms with Crippen molar-refractivity contribution < 1.29 is 22.7 Å². The Morgan fingerprint density at radius 1 is 1.14 bits per heavy atom. The van der Waals surface area contributed by atoms with Gasteiger partial charge in [-0.2, -0.15) is 18.4 Å². The molecule has 2 aliphatic heterocycles. The fourth-order valence-corrected chi connectivity index (χ4v) is 6.08. The summed E-state index contributed by atoms with van der Waals surface area (Å²) in [6, 6.07) is 15.5. The minimum atomic E-state index is -4.60. The van der Waals surface area contributed by atoms with Gasteiger partial charge in [0.15, 0.2) is 0 Å². The largest absolute Gasteiger partial charge is 0.417 e. The van der Waals surface area contributed by atoms with Gasteiger partial charge < -0.3 is 14.5 Å². The van der Waals surface area contributed by atoms with Crippen LogP contribution in [0, 0.1) is 22.7 Å². The van der Waals surface area contributed by atoms with Gasteiger partial charge in [-0.3, -0.25) is 4.79 Å². The molecule has 5 nitrogen and oxygen atoms in total. The van der Waals surface area contributed by atoms with Gasteiger partial charge in [-0.25, -0.2) is 0 Å². The fourth-order valence-electron chi connectivity index (χ4n) is 6.08. The number of amides is 1. The van der Waals surface area contributed by atoms with Gasteiger partial charge in [-0.15, -0.1) is 0 Å². The highest BCUT2D eigenvalue weighted by molar-refractivity contribution is 5.91. The maximum atomic E-state index is 13.7. The van der Waals surface area contributed by atoms with Gasteiger partial charge in [0.1, 0.15) is 0 Å². The fraction of sp³-hybridized carbons (Fsp3) is 0.500. The van der Waals surface area contributed by atoms with Crippen molar-refractivity contribution in [2.24, 2.45) is 11.3 Å². The van der Waals surface area contributed by atoms with Crippen LogP contribution in [0.4, 0.5) is 18.9 Å². The average molecular weight is 498 g/mol. The summed E-state index contributed by atoms with van der Waals surface area (Å²) in [5, 5.41) is 9.16. The van der Waals surface area contributed by atoms with Crippen molar-refractivity contribution >= 4 is 11.6 Å². The Bertz CT molecular complexity index is 1170. The Morgan fingerprint density at radius 3 is 2.53 bits per heavy atom. The summed E-state index contributed by atoms with van der Waals surface area (Å²) < 4.78 is 46.7. The third-order valence-electron chi connectivity index (χ3n) is 8.29. The maximum Gasteiger partial charge on any atom is 0.417 e. The van der Waals surface area contributed by atoms with E-state index in [-0.39, 0.29) is 22.8 Å². The second-order valence-corrected chi connectivity index (χ2v) is 10.4. The van der Waals surface area contributed by atoms with Crippen molar-refractivity contribution in [3.05, 3.63) is 65.2 Å². The number of hydrogen-bond donors (Lipinski definition) is 0. The third kappa shape index (κ3) is 4.24. The van der Waals surface area contributed by atoms with Crippen LogP contribution in [0.15, 0.2) is 48.5 Å². The number of carbonyl (C=O) groups is 1. The summed E-state index contributed by atoms with van der Waals surface area (Å²) in [5.74, 6) is 0.244. The molecule has 0 spiro atoms. The van der Waals surface area contributed by atoms with E-state index in [4.69, 9.17) is 10.00 Å². The van der Waals surface area contributed by atoms with Crippen LogP contribution in [0.2, 0.25) is 0 Å². The van der Waals surface area contributed by atoms with Gasteiger partial charge in [0.2, 0.25) is 5.91 Å². The summed E-state index contributed by atoms with van der Waals surface area (Å²) >= 11 is 0. The van der Waals surface area contributed by atoms with E-state index < -0.39 is 17.2 Å². The standard InChI is InChI=1S/C28H30F3N3O2/c1-2-36-19-26-12-13-33(25(35)27(10-11-27)21-6-4-3-5-7-21)16-22(26)17-34(18-26)23-9-8-20(15-32)24(14-23)28(29,30)31/h3-9,14,22H,2,10-13,16-19H2,1H3/t22-,26+/m1/s1. The summed E-state index contributed by atoms with van der Waals surface area (Å²) in [4.78, 5) is 17.6. The van der Waals surface area contributed by atoms with Crippen LogP contribution >= 0.6 is 0 Å². The van der Waals surface area contributed by atoms with Crippen molar-refractivity contribution in [1.82, 2.24) is 4.90 Å². The Kier molecular flexibility index (Phi) is 6.24. The highest BCUT2D eigenvalue weighted by atomic mass is 19.4. The van der Waals surface area contributed by atoms with E-state index in [2.05, 4.69) is 0 Å². The molecule has 2 atom stereocenters. The molecule has 0 aromatic heterocycles. The first kappa shape index (κ1) is 24.6. The molecule has 5 rings (SSSR count). The normalized spacial score (nSPS) is 24.8. The molecule has 0 unspecified atom stereocenters. The Hall–Kier alpha value is -3.05. The number of nitrogens with zero attached hydrogens (tertiary/aromatic N) is 3. The molecule has 2 aromatic rings. The highest BCUT2D eigenvalue weighted by Gasteiger charge is 2.56. The monoisotopic (exact) mass is 497 g/mol. The van der Waals surface area contributed by atoms with Crippen molar-refractivity contribution in [3.63, 3.8) is 0 Å². The van der Waals surface area contributed by atoms with Gasteiger partial charge in [-0.1, -0.05) is 30.3 Å². The topological polar surface area (TPSA) is 56.6 Å². The van der Waals surface area contributed by atoms with Gasteiger partial charge in [0.05, 0.1) is 29.2 Å². The summed E-state index contributed by atoms with van der Waals surface area (Å²) in [6.45, 7) is 5.29. The number of benzene rings is 2. The number of nitriles is 1. The minimum Gasteiger partial charge on any atom is -0.381 e. The Morgan fingerprint density at radius 2 is 1.89 bits per heavy atom. The lowest BCUT2D eigenvalue weighted by Gasteiger charge is -2.44. The van der Waals surface area contributed by atoms with Crippen LogP contribution in [0.3, 0.4) is 0 Å². The number of piperidine rings is 1. The first-order chi connectivity index (χ1) is 17.2. The molecule has 0 bridgehead atoms. The molecule has 2 saturated heterocycles. The maximum absolute atomic E-state index is 13.7. The summed E-state index contributed by atoms with van der Waals surface area (Å²) in [7, 11) is 0. The molecule has 1 aliphatic carbocycles. The zero-order valence-corrected chi connectivity index (χ0v) is 20.4. The molecule has 0 radical (unpaired) electrons. The van der Waals surface area contributed by atoms with Gasteiger partial charge in [0.25, 0.3) is 0 Å². The van der Waals surface area contributed by atoms with Crippen LogP contribution in [-0.2, 0) is 21.1 Å². The molecule has 190 valence electrons. The van der Waals surface area contributed by atoms with Crippen molar-refractivity contribution in [2.45, 2.75) is 37.8 Å². The van der Waals surface area contributed by atoms with E-state index in [1.807, 2.05) is 47.1 Å². The van der Waals surface area contributed by atoms with Crippen molar-refractivity contribution in [3.8, 4) is 6.07 Å². The van der Waals surface area contributed by atoms with E-state index >= 15 is 0 Å². The molecule has 2 heterocycles. The van der Waals surface area contributed by atoms with Crippen LogP contribution in [-0.4, -0.2) is 50.2 Å². The first-order valence-electron chi connectivity index (χ1n) is 12.5. The first-order valence-corrected chi connectivity index (χ1v) is 12.5. The lowest BCUT2D eigenvalue weighted by molar-refractivity contribution is -0.139. The summed E-state index contributed by atoms with van der Waals surface area (Å²) in [6.07, 6.45) is -2.17. The molecule has 8 heteroatoms. The van der Waals surface area contributed by atoms with E-state index in [1.165, 1.54) is 6.07 Å². The van der Waals surface area contributed by atoms with Crippen molar-refractivity contribution in [1.29, 1.82) is 5.26 Å². The number of halogens is 3. The number of hydrogen-bond acceptors (Lipinski definition) is 4. The molecule has 2 aromatic carbocycles. The number of alkyl halides is 3. The smallest absolute Gasteiger partial charge is 0.381 e. The molecule has 0 N–H and O–H groups in total. The second kappa shape index (κ2) is 9.11. The number of likely N-dealkylation sites (tertiary alicyclic amines) is 1. The van der Waals surface area contributed by atoms with E-state index in [9.17, 15) is 18.0 Å². The second-order valence-electron chi connectivity index (χ2n) is 10.4. The number of ether oxygens (including phenoxy) is 1. The van der Waals surface area contributed by atoms with Crippen LogP contribution in [0.1, 0.15) is 42.9 Å². The number of anilines is 1. The molecular weight excluding hydrogens is 467 g/mol. The third-order valence-corrected chi connectivity index (χ3v) is 8.29. The quantitative estimate of drug-likeness (QED) is 0.564. The lowest BCUT2D eigenvalue weighted by atomic mass is 9.72. The Balaban J connectivity index is 1.39. The van der Waals surface area contributed by atoms with Crippen LogP contribution < -0.4 is 4.90 Å². The van der Waals surface area contributed by atoms with Crippen LogP contribution in [0.25, 0.3) is 0 Å². The summed E-state index contributed by atoms with van der Waals surface area (Å²) in [5.41, 5.74) is -0.443. The molecule has 1 saturated carbocycles. The van der Waals surface area contributed by atoms with Gasteiger partial charge in [0, 0.05) is 49.8 Å². The predicted molar refractivity (Wildman–Crippen MR) is 129 cm³/mol. The van der Waals surface area contributed by atoms with E-state index in [0.29, 0.717) is 45.1 Å². The highest BCUT2D eigenvalue weighted by Crippen LogP contribution is 2.52. The molecule has 3 fully saturated rings. The van der Waals surface area contributed by atoms with E-state index in [0.717, 1.165) is 30.9 Å². The lowest BCUT2D eigenvalue weighted by Crippen LogP contribution is -2.53. The number of rotatable bonds is 6. The van der Waals surface area contributed by atoms with Crippen LogP contribution in [0.5, 0.6) is 0 Å². The SMILES string of the molecule is CCOC[C@@]12CCN(C(=O)C3(c4ccccc4)CC3)C[C@@H]1CN(c1ccc(C#N)c(C(F)(F)F)c1)C2. The molecule has 36 heavy (non-hydrogen) atoms. The van der Waals surface area contributed by atoms with Crippen molar-refractivity contribution in [2.75, 3.05) is 44.3 Å².